The van der Waals surface area contributed by atoms with Gasteiger partial charge in [0, 0.05) is 12.3 Å². The molecular formula is C5H7N2O3P. The highest BCUT2D eigenvalue weighted by Gasteiger charge is 2.12. The zero-order valence-corrected chi connectivity index (χ0v) is 6.44. The molecule has 0 aliphatic rings. The Hall–Kier alpha value is -0.900. The molecule has 0 aliphatic carbocycles. The molecule has 0 spiro atoms. The molecule has 0 aromatic carbocycles. The molecule has 0 radical (unpaired) electrons. The standard InChI is InChI=1S/C5H7N2O3P/c6-11(8,9)10-5-3-1-2-4-7-5/h1-4H,(H3,6,8,9). The van der Waals surface area contributed by atoms with Gasteiger partial charge in [0.15, 0.2) is 0 Å². The van der Waals surface area contributed by atoms with E-state index in [-0.39, 0.29) is 5.88 Å². The van der Waals surface area contributed by atoms with Crippen molar-refractivity contribution < 1.29 is 14.0 Å². The van der Waals surface area contributed by atoms with Gasteiger partial charge in [-0.2, -0.15) is 0 Å². The molecule has 1 heterocycles. The van der Waals surface area contributed by atoms with E-state index < -0.39 is 7.75 Å². The molecule has 60 valence electrons. The van der Waals surface area contributed by atoms with Crippen molar-refractivity contribution in [1.82, 2.24) is 4.98 Å². The monoisotopic (exact) mass is 174 g/mol. The first-order valence-electron chi connectivity index (χ1n) is 2.80. The zero-order chi connectivity index (χ0) is 8.32. The Morgan fingerprint density at radius 3 is 2.82 bits per heavy atom. The maximum absolute atomic E-state index is 10.5. The van der Waals surface area contributed by atoms with Crippen LogP contribution < -0.4 is 10.0 Å². The van der Waals surface area contributed by atoms with Crippen molar-refractivity contribution in [3.63, 3.8) is 0 Å². The number of hydrogen-bond donors (Lipinski definition) is 2. The van der Waals surface area contributed by atoms with Gasteiger partial charge in [-0.15, -0.1) is 0 Å². The minimum Gasteiger partial charge on any atom is -0.395 e. The Kier molecular flexibility index (Phi) is 2.24. The quantitative estimate of drug-likeness (QED) is 0.638. The number of rotatable bonds is 2. The van der Waals surface area contributed by atoms with E-state index in [1.165, 1.54) is 12.3 Å². The lowest BCUT2D eigenvalue weighted by molar-refractivity contribution is 0.375. The Morgan fingerprint density at radius 2 is 2.36 bits per heavy atom. The summed E-state index contributed by atoms with van der Waals surface area (Å²) in [6, 6.07) is 4.72. The van der Waals surface area contributed by atoms with E-state index in [1.54, 1.807) is 12.1 Å². The fourth-order valence-electron chi connectivity index (χ4n) is 0.535. The third-order valence-corrected chi connectivity index (χ3v) is 1.31. The van der Waals surface area contributed by atoms with Crippen LogP contribution in [0.15, 0.2) is 24.4 Å². The first kappa shape index (κ1) is 8.20. The van der Waals surface area contributed by atoms with Gasteiger partial charge < -0.3 is 9.42 Å². The summed E-state index contributed by atoms with van der Waals surface area (Å²) in [5, 5.41) is 0. The van der Waals surface area contributed by atoms with Crippen LogP contribution in [-0.4, -0.2) is 9.88 Å². The number of nitrogens with zero attached hydrogens (tertiary/aromatic N) is 1. The summed E-state index contributed by atoms with van der Waals surface area (Å²) in [5.41, 5.74) is 4.72. The maximum atomic E-state index is 10.5. The SMILES string of the molecule is NP(=O)(O)Oc1ccccn1. The van der Waals surface area contributed by atoms with Gasteiger partial charge in [-0.1, -0.05) is 6.07 Å². The largest absolute Gasteiger partial charge is 0.454 e. The third-order valence-electron chi connectivity index (χ3n) is 0.862. The zero-order valence-electron chi connectivity index (χ0n) is 5.54. The smallest absolute Gasteiger partial charge is 0.395 e. The molecule has 0 saturated carbocycles. The fourth-order valence-corrected chi connectivity index (χ4v) is 0.911. The highest BCUT2D eigenvalue weighted by molar-refractivity contribution is 7.50. The van der Waals surface area contributed by atoms with Gasteiger partial charge in [0.1, 0.15) is 0 Å². The summed E-state index contributed by atoms with van der Waals surface area (Å²) >= 11 is 0. The van der Waals surface area contributed by atoms with E-state index >= 15 is 0 Å². The molecule has 5 nitrogen and oxygen atoms in total. The molecule has 3 N–H and O–H groups in total. The maximum Gasteiger partial charge on any atom is 0.454 e. The molecule has 0 fully saturated rings. The highest BCUT2D eigenvalue weighted by atomic mass is 31.2. The van der Waals surface area contributed by atoms with Gasteiger partial charge >= 0.3 is 7.75 Å². The third kappa shape index (κ3) is 3.13. The first-order valence-corrected chi connectivity index (χ1v) is 4.44. The highest BCUT2D eigenvalue weighted by Crippen LogP contribution is 2.31. The van der Waals surface area contributed by atoms with Crippen molar-refractivity contribution in [1.29, 1.82) is 0 Å². The molecule has 0 amide bonds. The van der Waals surface area contributed by atoms with Crippen LogP contribution in [0, 0.1) is 0 Å². The molecule has 6 heteroatoms. The van der Waals surface area contributed by atoms with Crippen LogP contribution in [0.4, 0.5) is 0 Å². The molecule has 1 unspecified atom stereocenters. The van der Waals surface area contributed by atoms with Gasteiger partial charge in [-0.3, -0.25) is 0 Å². The van der Waals surface area contributed by atoms with Crippen LogP contribution in [0.2, 0.25) is 0 Å². The molecular weight excluding hydrogens is 167 g/mol. The van der Waals surface area contributed by atoms with Crippen LogP contribution in [0.1, 0.15) is 0 Å². The lowest BCUT2D eigenvalue weighted by Gasteiger charge is -2.04. The number of aromatic nitrogens is 1. The van der Waals surface area contributed by atoms with E-state index in [2.05, 4.69) is 9.51 Å². The molecule has 0 bridgehead atoms. The van der Waals surface area contributed by atoms with Crippen LogP contribution >= 0.6 is 7.75 Å². The Morgan fingerprint density at radius 1 is 1.64 bits per heavy atom. The molecule has 1 rings (SSSR count). The van der Waals surface area contributed by atoms with Crippen molar-refractivity contribution >= 4 is 7.75 Å². The summed E-state index contributed by atoms with van der Waals surface area (Å²) in [7, 11) is -3.95. The Labute approximate surface area is 63.4 Å². The van der Waals surface area contributed by atoms with Gasteiger partial charge in [0.2, 0.25) is 5.88 Å². The molecule has 1 atom stereocenters. The number of pyridine rings is 1. The van der Waals surface area contributed by atoms with Crippen molar-refractivity contribution in [2.45, 2.75) is 0 Å². The lowest BCUT2D eigenvalue weighted by atomic mass is 10.5. The van der Waals surface area contributed by atoms with Gasteiger partial charge in [-0.05, 0) is 6.07 Å². The molecule has 0 saturated heterocycles. The summed E-state index contributed by atoms with van der Waals surface area (Å²) < 4.78 is 14.8. The van der Waals surface area contributed by atoms with E-state index in [1.807, 2.05) is 0 Å². The average molecular weight is 174 g/mol. The van der Waals surface area contributed by atoms with Gasteiger partial charge in [0.05, 0.1) is 0 Å². The topological polar surface area (TPSA) is 85.4 Å². The summed E-state index contributed by atoms with van der Waals surface area (Å²) in [4.78, 5) is 12.2. The number of nitrogens with two attached hydrogens (primary N) is 1. The molecule has 1 aromatic rings. The van der Waals surface area contributed by atoms with Crippen molar-refractivity contribution in [2.75, 3.05) is 0 Å². The average Bonchev–Trinajstić information content (AvgIpc) is 1.85. The van der Waals surface area contributed by atoms with E-state index in [9.17, 15) is 4.57 Å². The van der Waals surface area contributed by atoms with Crippen LogP contribution in [-0.2, 0) is 4.57 Å². The lowest BCUT2D eigenvalue weighted by Crippen LogP contribution is -2.01. The van der Waals surface area contributed by atoms with Crippen molar-refractivity contribution in [3.8, 4) is 5.88 Å². The Balaban J connectivity index is 2.74. The van der Waals surface area contributed by atoms with Crippen LogP contribution in [0.5, 0.6) is 5.88 Å². The summed E-state index contributed by atoms with van der Waals surface area (Å²) in [6.07, 6.45) is 1.44. The van der Waals surface area contributed by atoms with Crippen molar-refractivity contribution in [3.05, 3.63) is 24.4 Å². The second kappa shape index (κ2) is 3.00. The summed E-state index contributed by atoms with van der Waals surface area (Å²) in [5.74, 6) is 0.0424. The van der Waals surface area contributed by atoms with E-state index in [4.69, 9.17) is 10.4 Å². The van der Waals surface area contributed by atoms with Crippen LogP contribution in [0.3, 0.4) is 0 Å². The molecule has 1 aromatic heterocycles. The van der Waals surface area contributed by atoms with E-state index in [0.717, 1.165) is 0 Å². The second-order valence-corrected chi connectivity index (χ2v) is 3.13. The normalized spacial score (nSPS) is 15.5. The predicted octanol–water partition coefficient (Wildman–Crippen LogP) is 0.520. The minimum absolute atomic E-state index is 0.0424. The fraction of sp³-hybridized carbons (Fsp3) is 0. The predicted molar refractivity (Wildman–Crippen MR) is 38.9 cm³/mol. The molecule has 0 aliphatic heterocycles. The van der Waals surface area contributed by atoms with E-state index in [0.29, 0.717) is 0 Å². The summed E-state index contributed by atoms with van der Waals surface area (Å²) in [6.45, 7) is 0. The van der Waals surface area contributed by atoms with Gasteiger partial charge in [0.25, 0.3) is 0 Å². The minimum atomic E-state index is -3.95. The first-order chi connectivity index (χ1) is 5.08. The number of hydrogen-bond acceptors (Lipinski definition) is 3. The Bertz CT molecular complexity index is 270. The van der Waals surface area contributed by atoms with Crippen LogP contribution in [0.25, 0.3) is 0 Å². The molecule has 11 heavy (non-hydrogen) atoms. The second-order valence-electron chi connectivity index (χ2n) is 1.82. The van der Waals surface area contributed by atoms with Gasteiger partial charge in [-0.25, -0.2) is 15.1 Å². The van der Waals surface area contributed by atoms with Crippen molar-refractivity contribution in [2.24, 2.45) is 5.50 Å².